The Morgan fingerprint density at radius 2 is 1.84 bits per heavy atom. The van der Waals surface area contributed by atoms with Crippen molar-refractivity contribution < 1.29 is 0 Å². The van der Waals surface area contributed by atoms with Gasteiger partial charge in [0, 0.05) is 49.7 Å². The first-order valence-corrected chi connectivity index (χ1v) is 6.62. The number of aryl methyl sites for hydroxylation is 4. The van der Waals surface area contributed by atoms with E-state index in [1.54, 1.807) is 0 Å². The molecule has 2 aromatic rings. The molecule has 1 unspecified atom stereocenters. The SMILES string of the molecule is Cc1nn(C)cc1C(C)NCc1c(C)nn(C)c1C. The van der Waals surface area contributed by atoms with Gasteiger partial charge in [0.25, 0.3) is 0 Å². The Labute approximate surface area is 114 Å². The lowest BCUT2D eigenvalue weighted by Crippen LogP contribution is -2.19. The van der Waals surface area contributed by atoms with Gasteiger partial charge in [-0.25, -0.2) is 0 Å². The molecule has 0 spiro atoms. The van der Waals surface area contributed by atoms with Gasteiger partial charge in [-0.15, -0.1) is 0 Å². The molecule has 0 saturated heterocycles. The second-order valence-electron chi connectivity index (χ2n) is 5.22. The highest BCUT2D eigenvalue weighted by Crippen LogP contribution is 2.18. The summed E-state index contributed by atoms with van der Waals surface area (Å²) in [5.41, 5.74) is 5.95. The van der Waals surface area contributed by atoms with Crippen molar-refractivity contribution in [1.82, 2.24) is 24.9 Å². The fourth-order valence-corrected chi connectivity index (χ4v) is 2.48. The molecule has 5 nitrogen and oxygen atoms in total. The summed E-state index contributed by atoms with van der Waals surface area (Å²) < 4.78 is 3.80. The van der Waals surface area contributed by atoms with Gasteiger partial charge in [0.15, 0.2) is 0 Å². The summed E-state index contributed by atoms with van der Waals surface area (Å²) in [6.45, 7) is 9.22. The summed E-state index contributed by atoms with van der Waals surface area (Å²) in [5.74, 6) is 0. The van der Waals surface area contributed by atoms with Gasteiger partial charge in [-0.05, 0) is 27.7 Å². The number of nitrogens with zero attached hydrogens (tertiary/aromatic N) is 4. The number of aromatic nitrogens is 4. The van der Waals surface area contributed by atoms with E-state index in [1.807, 2.05) is 30.4 Å². The molecule has 0 amide bonds. The quantitative estimate of drug-likeness (QED) is 0.915. The van der Waals surface area contributed by atoms with Crippen LogP contribution in [0.5, 0.6) is 0 Å². The maximum absolute atomic E-state index is 4.44. The summed E-state index contributed by atoms with van der Waals surface area (Å²) in [6, 6.07) is 0.285. The summed E-state index contributed by atoms with van der Waals surface area (Å²) in [7, 11) is 3.94. The van der Waals surface area contributed by atoms with Crippen LogP contribution in [0.2, 0.25) is 0 Å². The number of rotatable bonds is 4. The maximum atomic E-state index is 4.44. The molecule has 0 aliphatic carbocycles. The van der Waals surface area contributed by atoms with E-state index in [-0.39, 0.29) is 6.04 Å². The van der Waals surface area contributed by atoms with Gasteiger partial charge >= 0.3 is 0 Å². The van der Waals surface area contributed by atoms with Gasteiger partial charge in [0.1, 0.15) is 0 Å². The van der Waals surface area contributed by atoms with Crippen LogP contribution < -0.4 is 5.32 Å². The van der Waals surface area contributed by atoms with Crippen molar-refractivity contribution in [3.05, 3.63) is 34.4 Å². The third kappa shape index (κ3) is 2.71. The van der Waals surface area contributed by atoms with Gasteiger partial charge in [0.05, 0.1) is 11.4 Å². The van der Waals surface area contributed by atoms with Crippen LogP contribution in [-0.2, 0) is 20.6 Å². The first-order chi connectivity index (χ1) is 8.90. The third-order valence-electron chi connectivity index (χ3n) is 3.76. The minimum Gasteiger partial charge on any atom is -0.306 e. The van der Waals surface area contributed by atoms with Crippen molar-refractivity contribution >= 4 is 0 Å². The lowest BCUT2D eigenvalue weighted by atomic mass is 10.1. The Morgan fingerprint density at radius 1 is 1.16 bits per heavy atom. The van der Waals surface area contributed by atoms with Crippen molar-refractivity contribution in [3.8, 4) is 0 Å². The second kappa shape index (κ2) is 5.17. The van der Waals surface area contributed by atoms with Crippen LogP contribution >= 0.6 is 0 Å². The fourth-order valence-electron chi connectivity index (χ4n) is 2.48. The van der Waals surface area contributed by atoms with Crippen molar-refractivity contribution in [2.75, 3.05) is 0 Å². The molecule has 104 valence electrons. The molecule has 0 aromatic carbocycles. The zero-order valence-electron chi connectivity index (χ0n) is 12.7. The summed E-state index contributed by atoms with van der Waals surface area (Å²) in [4.78, 5) is 0. The maximum Gasteiger partial charge on any atom is 0.0641 e. The minimum absolute atomic E-state index is 0.285. The van der Waals surface area contributed by atoms with Gasteiger partial charge in [-0.1, -0.05) is 0 Å². The average Bonchev–Trinajstić information content (AvgIpc) is 2.78. The molecule has 2 heterocycles. The van der Waals surface area contributed by atoms with E-state index in [0.29, 0.717) is 0 Å². The number of hydrogen-bond donors (Lipinski definition) is 1. The van der Waals surface area contributed by atoms with E-state index in [4.69, 9.17) is 0 Å². The third-order valence-corrected chi connectivity index (χ3v) is 3.76. The molecular weight excluding hydrogens is 238 g/mol. The molecular formula is C14H23N5. The molecule has 2 rings (SSSR count). The zero-order valence-corrected chi connectivity index (χ0v) is 12.7. The molecule has 0 radical (unpaired) electrons. The van der Waals surface area contributed by atoms with E-state index in [0.717, 1.165) is 17.9 Å². The molecule has 1 atom stereocenters. The molecule has 0 aliphatic heterocycles. The van der Waals surface area contributed by atoms with E-state index >= 15 is 0 Å². The van der Waals surface area contributed by atoms with Crippen molar-refractivity contribution in [2.45, 2.75) is 40.3 Å². The van der Waals surface area contributed by atoms with Gasteiger partial charge in [-0.2, -0.15) is 10.2 Å². The van der Waals surface area contributed by atoms with Gasteiger partial charge in [-0.3, -0.25) is 9.36 Å². The molecule has 5 heteroatoms. The van der Waals surface area contributed by atoms with Crippen molar-refractivity contribution in [3.63, 3.8) is 0 Å². The largest absolute Gasteiger partial charge is 0.306 e. The number of hydrogen-bond acceptors (Lipinski definition) is 3. The monoisotopic (exact) mass is 261 g/mol. The molecule has 0 aliphatic rings. The van der Waals surface area contributed by atoms with E-state index in [2.05, 4.69) is 42.5 Å². The minimum atomic E-state index is 0.285. The van der Waals surface area contributed by atoms with Crippen LogP contribution in [-0.4, -0.2) is 19.6 Å². The molecule has 2 aromatic heterocycles. The van der Waals surface area contributed by atoms with Crippen molar-refractivity contribution in [2.24, 2.45) is 14.1 Å². The fraction of sp³-hybridized carbons (Fsp3) is 0.571. The van der Waals surface area contributed by atoms with E-state index in [1.165, 1.54) is 16.8 Å². The first-order valence-electron chi connectivity index (χ1n) is 6.62. The molecule has 1 N–H and O–H groups in total. The molecule has 19 heavy (non-hydrogen) atoms. The average molecular weight is 261 g/mol. The Balaban J connectivity index is 2.08. The standard InChI is InChI=1S/C14H23N5/c1-9(14-8-18(5)16-11(14)3)15-7-13-10(2)17-19(6)12(13)4/h8-9,15H,7H2,1-6H3. The summed E-state index contributed by atoms with van der Waals surface area (Å²) in [6.07, 6.45) is 2.08. The van der Waals surface area contributed by atoms with Gasteiger partial charge in [0.2, 0.25) is 0 Å². The molecule has 0 fully saturated rings. The Hall–Kier alpha value is -1.62. The van der Waals surface area contributed by atoms with Crippen LogP contribution in [0.4, 0.5) is 0 Å². The number of nitrogens with one attached hydrogen (secondary N) is 1. The molecule has 0 saturated carbocycles. The highest BCUT2D eigenvalue weighted by atomic mass is 15.3. The zero-order chi connectivity index (χ0) is 14.2. The lowest BCUT2D eigenvalue weighted by Gasteiger charge is -2.13. The normalized spacial score (nSPS) is 12.9. The second-order valence-corrected chi connectivity index (χ2v) is 5.22. The smallest absolute Gasteiger partial charge is 0.0641 e. The highest BCUT2D eigenvalue weighted by molar-refractivity contribution is 5.25. The molecule has 0 bridgehead atoms. The Kier molecular flexibility index (Phi) is 3.75. The van der Waals surface area contributed by atoms with Crippen LogP contribution in [0, 0.1) is 20.8 Å². The van der Waals surface area contributed by atoms with E-state index in [9.17, 15) is 0 Å². The first kappa shape index (κ1) is 13.8. The topological polar surface area (TPSA) is 47.7 Å². The predicted molar refractivity (Wildman–Crippen MR) is 75.9 cm³/mol. The predicted octanol–water partition coefficient (Wildman–Crippen LogP) is 1.93. The Bertz CT molecular complexity index is 579. The lowest BCUT2D eigenvalue weighted by molar-refractivity contribution is 0.569. The van der Waals surface area contributed by atoms with Crippen LogP contribution in [0.15, 0.2) is 6.20 Å². The van der Waals surface area contributed by atoms with Crippen LogP contribution in [0.25, 0.3) is 0 Å². The van der Waals surface area contributed by atoms with Crippen molar-refractivity contribution in [1.29, 1.82) is 0 Å². The highest BCUT2D eigenvalue weighted by Gasteiger charge is 2.14. The Morgan fingerprint density at radius 3 is 2.32 bits per heavy atom. The van der Waals surface area contributed by atoms with Crippen LogP contribution in [0.3, 0.4) is 0 Å². The van der Waals surface area contributed by atoms with Crippen LogP contribution in [0.1, 0.15) is 41.2 Å². The summed E-state index contributed by atoms with van der Waals surface area (Å²) in [5, 5.41) is 12.4. The summed E-state index contributed by atoms with van der Waals surface area (Å²) >= 11 is 0. The van der Waals surface area contributed by atoms with Gasteiger partial charge < -0.3 is 5.32 Å². The van der Waals surface area contributed by atoms with E-state index < -0.39 is 0 Å².